The molecule has 0 bridgehead atoms. The third-order valence-corrected chi connectivity index (χ3v) is 5.83. The first kappa shape index (κ1) is 21.3. The van der Waals surface area contributed by atoms with E-state index in [9.17, 15) is 18.5 Å². The van der Waals surface area contributed by atoms with Crippen LogP contribution in [0.4, 0.5) is 5.82 Å². The lowest BCUT2D eigenvalue weighted by atomic mass is 10.2. The van der Waals surface area contributed by atoms with Crippen LogP contribution < -0.4 is 4.90 Å². The zero-order valence-corrected chi connectivity index (χ0v) is 18.2. The molecule has 29 heavy (non-hydrogen) atoms. The van der Waals surface area contributed by atoms with Crippen LogP contribution in [0.25, 0.3) is 0 Å². The average Bonchev–Trinajstić information content (AvgIpc) is 2.81. The maximum Gasteiger partial charge on any atom is 0.275 e. The first-order valence-corrected chi connectivity index (χ1v) is 11.1. The smallest absolute Gasteiger partial charge is 0.275 e. The van der Waals surface area contributed by atoms with Crippen molar-refractivity contribution in [3.05, 3.63) is 27.1 Å². The summed E-state index contributed by atoms with van der Waals surface area (Å²) in [6, 6.07) is 1.93. The summed E-state index contributed by atoms with van der Waals surface area (Å²) in [5.41, 5.74) is 0.660. The molecule has 0 saturated heterocycles. The Kier molecular flexibility index (Phi) is 5.71. The zero-order chi connectivity index (χ0) is 21.5. The molecule has 154 valence electrons. The minimum Gasteiger partial charge on any atom is -0.349 e. The molecule has 0 fully saturated rings. The molecule has 3 rings (SSSR count). The van der Waals surface area contributed by atoms with Gasteiger partial charge in [-0.1, -0.05) is 23.2 Å². The summed E-state index contributed by atoms with van der Waals surface area (Å²) in [6.07, 6.45) is 1.56. The number of sulfone groups is 1. The van der Waals surface area contributed by atoms with Crippen molar-refractivity contribution in [1.29, 1.82) is 5.26 Å². The predicted octanol–water partition coefficient (Wildman–Crippen LogP) is 1.37. The third kappa shape index (κ3) is 4.01. The summed E-state index contributed by atoms with van der Waals surface area (Å²) < 4.78 is 25.5. The van der Waals surface area contributed by atoms with Gasteiger partial charge in [-0.2, -0.15) is 15.3 Å². The minimum absolute atomic E-state index is 0.0345. The van der Waals surface area contributed by atoms with Crippen molar-refractivity contribution >= 4 is 44.8 Å². The average molecular weight is 458 g/mol. The van der Waals surface area contributed by atoms with Gasteiger partial charge in [0.2, 0.25) is 15.0 Å². The molecule has 1 aliphatic heterocycles. The zero-order valence-electron chi connectivity index (χ0n) is 15.8. The summed E-state index contributed by atoms with van der Waals surface area (Å²) in [5, 5.41) is 13.3. The highest BCUT2D eigenvalue weighted by Gasteiger charge is 2.29. The number of aromatic nitrogens is 4. The second-order valence-electron chi connectivity index (χ2n) is 6.69. The summed E-state index contributed by atoms with van der Waals surface area (Å²) in [7, 11) is -0.539. The summed E-state index contributed by atoms with van der Waals surface area (Å²) >= 11 is 12.5. The third-order valence-electron chi connectivity index (χ3n) is 4.31. The molecule has 0 radical (unpaired) electrons. The van der Waals surface area contributed by atoms with Crippen LogP contribution in [0.5, 0.6) is 0 Å². The van der Waals surface area contributed by atoms with Crippen molar-refractivity contribution < 1.29 is 13.2 Å². The second kappa shape index (κ2) is 7.78. The van der Waals surface area contributed by atoms with Gasteiger partial charge in [0.1, 0.15) is 11.6 Å². The standard InChI is InChI=1S/C16H17Cl2N7O3S/c1-23(2)15(26)12-11(17)10-8-24(5-4-6-25(10)22-12)14-9(7-19)13(18)20-16(21-14)29(3,27)28/h4-6,8H2,1-3H3. The Bertz CT molecular complexity index is 1140. The lowest BCUT2D eigenvalue weighted by Gasteiger charge is -2.23. The van der Waals surface area contributed by atoms with Crippen LogP contribution in [-0.2, 0) is 22.9 Å². The van der Waals surface area contributed by atoms with E-state index in [0.717, 1.165) is 6.26 Å². The molecular formula is C16H17Cl2N7O3S. The van der Waals surface area contributed by atoms with E-state index in [1.54, 1.807) is 23.7 Å². The maximum absolute atomic E-state index is 12.3. The number of halogens is 2. The van der Waals surface area contributed by atoms with E-state index in [-0.39, 0.29) is 39.7 Å². The van der Waals surface area contributed by atoms with E-state index < -0.39 is 15.0 Å². The van der Waals surface area contributed by atoms with Gasteiger partial charge in [-0.15, -0.1) is 0 Å². The Morgan fingerprint density at radius 1 is 1.24 bits per heavy atom. The molecule has 0 saturated carbocycles. The monoisotopic (exact) mass is 457 g/mol. The molecule has 1 aliphatic rings. The van der Waals surface area contributed by atoms with Gasteiger partial charge in [0.15, 0.2) is 16.7 Å². The van der Waals surface area contributed by atoms with Crippen molar-refractivity contribution in [2.24, 2.45) is 0 Å². The highest BCUT2D eigenvalue weighted by atomic mass is 35.5. The number of rotatable bonds is 3. The Labute approximate surface area is 177 Å². The number of nitrogens with zero attached hydrogens (tertiary/aromatic N) is 7. The Hall–Kier alpha value is -2.42. The van der Waals surface area contributed by atoms with Gasteiger partial charge in [-0.05, 0) is 6.42 Å². The molecule has 1 amide bonds. The van der Waals surface area contributed by atoms with Crippen molar-refractivity contribution in [2.45, 2.75) is 24.7 Å². The summed E-state index contributed by atoms with van der Waals surface area (Å²) in [6.45, 7) is 1.10. The number of anilines is 1. The number of fused-ring (bicyclic) bond motifs is 1. The lowest BCUT2D eigenvalue weighted by molar-refractivity contribution is 0.0821. The molecule has 0 atom stereocenters. The van der Waals surface area contributed by atoms with Crippen molar-refractivity contribution in [2.75, 3.05) is 31.8 Å². The Morgan fingerprint density at radius 3 is 2.52 bits per heavy atom. The number of hydrogen-bond donors (Lipinski definition) is 0. The fourth-order valence-electron chi connectivity index (χ4n) is 2.91. The summed E-state index contributed by atoms with van der Waals surface area (Å²) in [5.74, 6) is -0.233. The van der Waals surface area contributed by atoms with Crippen LogP contribution in [0.3, 0.4) is 0 Å². The Morgan fingerprint density at radius 2 is 1.93 bits per heavy atom. The molecular weight excluding hydrogens is 441 g/mol. The molecule has 0 aliphatic carbocycles. The molecule has 0 N–H and O–H groups in total. The van der Waals surface area contributed by atoms with Crippen LogP contribution in [0.15, 0.2) is 5.16 Å². The van der Waals surface area contributed by atoms with E-state index in [1.165, 1.54) is 4.90 Å². The van der Waals surface area contributed by atoms with Crippen molar-refractivity contribution in [1.82, 2.24) is 24.6 Å². The quantitative estimate of drug-likeness (QED) is 0.499. The van der Waals surface area contributed by atoms with Crippen LogP contribution in [-0.4, -0.2) is 65.9 Å². The fourth-order valence-corrected chi connectivity index (χ4v) is 3.95. The van der Waals surface area contributed by atoms with Crippen molar-refractivity contribution in [3.63, 3.8) is 0 Å². The second-order valence-corrected chi connectivity index (χ2v) is 9.33. The largest absolute Gasteiger partial charge is 0.349 e. The lowest BCUT2D eigenvalue weighted by Crippen LogP contribution is -2.26. The Balaban J connectivity index is 2.10. The minimum atomic E-state index is -3.74. The highest BCUT2D eigenvalue weighted by molar-refractivity contribution is 7.90. The highest BCUT2D eigenvalue weighted by Crippen LogP contribution is 2.31. The van der Waals surface area contributed by atoms with Gasteiger partial charge in [-0.25, -0.2) is 13.4 Å². The van der Waals surface area contributed by atoms with Crippen LogP contribution in [0.2, 0.25) is 10.2 Å². The first-order valence-electron chi connectivity index (χ1n) is 8.44. The number of nitriles is 1. The van der Waals surface area contributed by atoms with Crippen LogP contribution >= 0.6 is 23.2 Å². The molecule has 2 aromatic heterocycles. The van der Waals surface area contributed by atoms with Gasteiger partial charge in [-0.3, -0.25) is 9.48 Å². The summed E-state index contributed by atoms with van der Waals surface area (Å²) in [4.78, 5) is 23.2. The molecule has 3 heterocycles. The van der Waals surface area contributed by atoms with E-state index in [0.29, 0.717) is 25.2 Å². The van der Waals surface area contributed by atoms with Gasteiger partial charge >= 0.3 is 0 Å². The van der Waals surface area contributed by atoms with Crippen molar-refractivity contribution in [3.8, 4) is 6.07 Å². The predicted molar refractivity (Wildman–Crippen MR) is 106 cm³/mol. The molecule has 10 nitrogen and oxygen atoms in total. The van der Waals surface area contributed by atoms with Crippen LogP contribution in [0.1, 0.15) is 28.2 Å². The molecule has 0 spiro atoms. The first-order chi connectivity index (χ1) is 13.5. The number of hydrogen-bond acceptors (Lipinski definition) is 8. The van der Waals surface area contributed by atoms with Crippen LogP contribution in [0, 0.1) is 11.3 Å². The SMILES string of the molecule is CN(C)C(=O)c1nn2c(c1Cl)CN(c1nc(S(C)(=O)=O)nc(Cl)c1C#N)CCC2. The molecule has 2 aromatic rings. The number of carbonyl (C=O) groups excluding carboxylic acids is 1. The molecule has 13 heteroatoms. The van der Waals surface area contributed by atoms with Gasteiger partial charge in [0, 0.05) is 33.4 Å². The van der Waals surface area contributed by atoms with Gasteiger partial charge in [0.25, 0.3) is 5.91 Å². The molecule has 0 aromatic carbocycles. The number of carbonyl (C=O) groups is 1. The number of amides is 1. The van der Waals surface area contributed by atoms with E-state index in [1.807, 2.05) is 6.07 Å². The maximum atomic E-state index is 12.3. The van der Waals surface area contributed by atoms with E-state index in [4.69, 9.17) is 23.2 Å². The van der Waals surface area contributed by atoms with E-state index >= 15 is 0 Å². The fraction of sp³-hybridized carbons (Fsp3) is 0.438. The number of aryl methyl sites for hydroxylation is 1. The van der Waals surface area contributed by atoms with E-state index in [2.05, 4.69) is 15.1 Å². The normalized spacial score (nSPS) is 14.1. The van der Waals surface area contributed by atoms with Gasteiger partial charge in [0.05, 0.1) is 17.3 Å². The van der Waals surface area contributed by atoms with Gasteiger partial charge < -0.3 is 9.80 Å². The molecule has 0 unspecified atom stereocenters. The topological polar surface area (TPSA) is 125 Å².